The Bertz CT molecular complexity index is 537. The van der Waals surface area contributed by atoms with Gasteiger partial charge in [-0.05, 0) is 49.8 Å². The number of aliphatic hydroxyl groups excluding tert-OH is 1. The van der Waals surface area contributed by atoms with Crippen molar-refractivity contribution in [3.63, 3.8) is 0 Å². The van der Waals surface area contributed by atoms with E-state index in [0.29, 0.717) is 25.0 Å². The van der Waals surface area contributed by atoms with Crippen molar-refractivity contribution in [2.75, 3.05) is 7.11 Å². The number of ketones is 1. The largest absolute Gasteiger partial charge is 0.504 e. The summed E-state index contributed by atoms with van der Waals surface area (Å²) < 4.78 is 5.06. The number of benzene rings is 1. The Morgan fingerprint density at radius 1 is 1.24 bits per heavy atom. The van der Waals surface area contributed by atoms with Crippen LogP contribution < -0.4 is 4.74 Å². The third kappa shape index (κ3) is 9.30. The number of Topliss-reactive ketones (excluding diaryl/α,β-unsaturated/α-hetero) is 1. The van der Waals surface area contributed by atoms with Crippen LogP contribution in [-0.4, -0.2) is 29.2 Å². The number of unbranched alkanes of at least 4 members (excludes halogenated alkanes) is 3. The van der Waals surface area contributed by atoms with Gasteiger partial charge in [0.15, 0.2) is 11.5 Å². The van der Waals surface area contributed by atoms with Gasteiger partial charge in [0, 0.05) is 12.8 Å². The second-order valence-corrected chi connectivity index (χ2v) is 6.45. The van der Waals surface area contributed by atoms with E-state index >= 15 is 0 Å². The van der Waals surface area contributed by atoms with Gasteiger partial charge >= 0.3 is 0 Å². The number of rotatable bonds is 13. The molecule has 0 spiro atoms. The maximum Gasteiger partial charge on any atom is 0.160 e. The van der Waals surface area contributed by atoms with Crippen molar-refractivity contribution in [3.8, 4) is 11.5 Å². The molecule has 0 bridgehead atoms. The number of carbonyl (C=O) groups is 1. The van der Waals surface area contributed by atoms with E-state index in [0.717, 1.165) is 18.4 Å². The lowest BCUT2D eigenvalue weighted by molar-refractivity contribution is -0.120. The normalized spacial score (nSPS) is 12.4. The Labute approximate surface area is 151 Å². The molecule has 0 saturated heterocycles. The van der Waals surface area contributed by atoms with E-state index in [2.05, 4.69) is 19.1 Å². The van der Waals surface area contributed by atoms with E-state index < -0.39 is 6.10 Å². The van der Waals surface area contributed by atoms with Crippen LogP contribution in [0.15, 0.2) is 30.4 Å². The van der Waals surface area contributed by atoms with Crippen LogP contribution in [0.1, 0.15) is 63.9 Å². The predicted octanol–water partition coefficient (Wildman–Crippen LogP) is 4.57. The third-order valence-electron chi connectivity index (χ3n) is 4.21. The van der Waals surface area contributed by atoms with Gasteiger partial charge in [0.1, 0.15) is 5.78 Å². The molecule has 0 radical (unpaired) electrons. The molecule has 1 unspecified atom stereocenters. The van der Waals surface area contributed by atoms with Crippen molar-refractivity contribution in [1.29, 1.82) is 0 Å². The molecule has 4 heteroatoms. The zero-order valence-electron chi connectivity index (χ0n) is 15.5. The molecule has 0 aliphatic heterocycles. The van der Waals surface area contributed by atoms with Crippen LogP contribution in [0.3, 0.4) is 0 Å². The molecule has 1 aromatic rings. The summed E-state index contributed by atoms with van der Waals surface area (Å²) in [6, 6.07) is 5.09. The summed E-state index contributed by atoms with van der Waals surface area (Å²) in [5.74, 6) is 0.568. The Morgan fingerprint density at radius 2 is 2.00 bits per heavy atom. The second-order valence-electron chi connectivity index (χ2n) is 6.45. The molecule has 0 amide bonds. The molecule has 0 aromatic heterocycles. The fraction of sp³-hybridized carbons (Fsp3) is 0.571. The molecule has 1 aromatic carbocycles. The van der Waals surface area contributed by atoms with Gasteiger partial charge in [-0.1, -0.05) is 38.0 Å². The third-order valence-corrected chi connectivity index (χ3v) is 4.21. The van der Waals surface area contributed by atoms with E-state index in [-0.39, 0.29) is 18.0 Å². The fourth-order valence-electron chi connectivity index (χ4n) is 2.66. The molecule has 1 rings (SSSR count). The SMILES string of the molecule is CCCCC/C=C/CCC(O)CC(=O)CCc1ccc(O)c(OC)c1. The summed E-state index contributed by atoms with van der Waals surface area (Å²) in [5, 5.41) is 19.5. The van der Waals surface area contributed by atoms with Gasteiger partial charge in [0.25, 0.3) is 0 Å². The van der Waals surface area contributed by atoms with Crippen LogP contribution >= 0.6 is 0 Å². The maximum atomic E-state index is 12.0. The van der Waals surface area contributed by atoms with Gasteiger partial charge in [0.05, 0.1) is 13.2 Å². The minimum absolute atomic E-state index is 0.0615. The average Bonchev–Trinajstić information content (AvgIpc) is 2.60. The summed E-state index contributed by atoms with van der Waals surface area (Å²) >= 11 is 0. The molecule has 0 heterocycles. The van der Waals surface area contributed by atoms with Crippen LogP contribution in [0.5, 0.6) is 11.5 Å². The molecular formula is C21H32O4. The highest BCUT2D eigenvalue weighted by Gasteiger charge is 2.11. The molecule has 2 N–H and O–H groups in total. The first-order valence-electron chi connectivity index (χ1n) is 9.27. The standard InChI is InChI=1S/C21H32O4/c1-3-4-5-6-7-8-9-10-18(22)16-19(23)13-11-17-12-14-20(24)21(15-17)25-2/h7-8,12,14-15,18,22,24H,3-6,9-11,13,16H2,1-2H3/b8-7+. The number of phenols is 1. The van der Waals surface area contributed by atoms with Crippen LogP contribution in [0.4, 0.5) is 0 Å². The number of aliphatic hydroxyl groups is 1. The lowest BCUT2D eigenvalue weighted by Crippen LogP contribution is -2.13. The minimum atomic E-state index is -0.567. The highest BCUT2D eigenvalue weighted by molar-refractivity contribution is 5.79. The Hall–Kier alpha value is -1.81. The van der Waals surface area contributed by atoms with E-state index in [1.807, 2.05) is 0 Å². The number of allylic oxidation sites excluding steroid dienone is 2. The Morgan fingerprint density at radius 3 is 2.72 bits per heavy atom. The van der Waals surface area contributed by atoms with Crippen molar-refractivity contribution < 1.29 is 19.7 Å². The lowest BCUT2D eigenvalue weighted by Gasteiger charge is -2.09. The molecule has 0 fully saturated rings. The zero-order valence-corrected chi connectivity index (χ0v) is 15.5. The van der Waals surface area contributed by atoms with E-state index in [1.54, 1.807) is 18.2 Å². The number of carbonyl (C=O) groups excluding carboxylic acids is 1. The number of hydrogen-bond acceptors (Lipinski definition) is 4. The monoisotopic (exact) mass is 348 g/mol. The summed E-state index contributed by atoms with van der Waals surface area (Å²) in [4.78, 5) is 12.0. The molecule has 1 atom stereocenters. The van der Waals surface area contributed by atoms with Gasteiger partial charge in [0.2, 0.25) is 0 Å². The molecular weight excluding hydrogens is 316 g/mol. The molecule has 0 aliphatic carbocycles. The van der Waals surface area contributed by atoms with E-state index in [1.165, 1.54) is 26.4 Å². The maximum absolute atomic E-state index is 12.0. The lowest BCUT2D eigenvalue weighted by atomic mass is 10.0. The van der Waals surface area contributed by atoms with Crippen molar-refractivity contribution >= 4 is 5.78 Å². The van der Waals surface area contributed by atoms with Gasteiger partial charge in [-0.2, -0.15) is 0 Å². The minimum Gasteiger partial charge on any atom is -0.504 e. The average molecular weight is 348 g/mol. The molecule has 140 valence electrons. The van der Waals surface area contributed by atoms with Crippen molar-refractivity contribution in [2.24, 2.45) is 0 Å². The van der Waals surface area contributed by atoms with Crippen molar-refractivity contribution in [3.05, 3.63) is 35.9 Å². The first-order chi connectivity index (χ1) is 12.1. The highest BCUT2D eigenvalue weighted by Crippen LogP contribution is 2.26. The van der Waals surface area contributed by atoms with Crippen molar-refractivity contribution in [1.82, 2.24) is 0 Å². The van der Waals surface area contributed by atoms with E-state index in [9.17, 15) is 15.0 Å². The number of hydrogen-bond donors (Lipinski definition) is 2. The number of phenolic OH excluding ortho intramolecular Hbond substituents is 1. The summed E-state index contributed by atoms with van der Waals surface area (Å²) in [7, 11) is 1.50. The van der Waals surface area contributed by atoms with E-state index in [4.69, 9.17) is 4.74 Å². The number of aryl methyl sites for hydroxylation is 1. The predicted molar refractivity (Wildman–Crippen MR) is 101 cm³/mol. The van der Waals surface area contributed by atoms with Crippen LogP contribution in [0.25, 0.3) is 0 Å². The molecule has 0 saturated carbocycles. The number of methoxy groups -OCH3 is 1. The smallest absolute Gasteiger partial charge is 0.160 e. The molecule has 25 heavy (non-hydrogen) atoms. The molecule has 0 aliphatic rings. The van der Waals surface area contributed by atoms with Gasteiger partial charge in [-0.15, -0.1) is 0 Å². The summed E-state index contributed by atoms with van der Waals surface area (Å²) in [6.45, 7) is 2.19. The van der Waals surface area contributed by atoms with Gasteiger partial charge in [-0.25, -0.2) is 0 Å². The first-order valence-corrected chi connectivity index (χ1v) is 9.27. The second kappa shape index (κ2) is 12.5. The van der Waals surface area contributed by atoms with Gasteiger partial charge in [-0.3, -0.25) is 4.79 Å². The fourth-order valence-corrected chi connectivity index (χ4v) is 2.66. The summed E-state index contributed by atoms with van der Waals surface area (Å²) in [6.07, 6.45) is 11.1. The van der Waals surface area contributed by atoms with Crippen LogP contribution in [-0.2, 0) is 11.2 Å². The number of ether oxygens (including phenoxy) is 1. The first kappa shape index (κ1) is 21.2. The topological polar surface area (TPSA) is 66.8 Å². The Kier molecular flexibility index (Phi) is 10.6. The Balaban J connectivity index is 2.23. The van der Waals surface area contributed by atoms with Crippen molar-refractivity contribution in [2.45, 2.75) is 70.8 Å². The van der Waals surface area contributed by atoms with Crippen LogP contribution in [0, 0.1) is 0 Å². The van der Waals surface area contributed by atoms with Crippen LogP contribution in [0.2, 0.25) is 0 Å². The highest BCUT2D eigenvalue weighted by atomic mass is 16.5. The zero-order chi connectivity index (χ0) is 18.5. The quantitative estimate of drug-likeness (QED) is 0.405. The van der Waals surface area contributed by atoms with Gasteiger partial charge < -0.3 is 14.9 Å². The number of aromatic hydroxyl groups is 1. The molecule has 4 nitrogen and oxygen atoms in total. The summed E-state index contributed by atoms with van der Waals surface area (Å²) in [5.41, 5.74) is 0.938.